The van der Waals surface area contributed by atoms with Crippen molar-refractivity contribution in [1.82, 2.24) is 0 Å². The van der Waals surface area contributed by atoms with E-state index in [2.05, 4.69) is 108 Å². The lowest BCUT2D eigenvalue weighted by molar-refractivity contribution is -0.659. The molecule has 3 heterocycles. The summed E-state index contributed by atoms with van der Waals surface area (Å²) in [6.07, 6.45) is 4.24. The standard InChI is InChI=1S/C33H36NOS/c1-19-23-12-14-36-31(23)25(18-33(5,6)7)30-26(19)28-27-21(11-13-34(28)8)16-22-15-20(17-32(2,3)4)9-10-24(22)29(27)35-30/h9-16H,17-18H2,1-8H3/q+1. The number of aryl methyl sites for hydroxylation is 2. The highest BCUT2D eigenvalue weighted by Gasteiger charge is 2.35. The SMILES string of the molecule is Cc1c2c(c(CC(C)(C)C)c3sccc13)Oc1c3ccc(CC(C)(C)C)cc3cc3cc[n+](C)c-2c13. The summed E-state index contributed by atoms with van der Waals surface area (Å²) in [7, 11) is 2.17. The van der Waals surface area contributed by atoms with Crippen LogP contribution >= 0.6 is 11.3 Å². The molecule has 184 valence electrons. The van der Waals surface area contributed by atoms with Crippen LogP contribution in [-0.2, 0) is 19.9 Å². The van der Waals surface area contributed by atoms with Crippen LogP contribution in [0.5, 0.6) is 11.5 Å². The van der Waals surface area contributed by atoms with Crippen LogP contribution in [0.3, 0.4) is 0 Å². The van der Waals surface area contributed by atoms with Crippen LogP contribution in [0.15, 0.2) is 48.0 Å². The van der Waals surface area contributed by atoms with Crippen LogP contribution < -0.4 is 9.30 Å². The summed E-state index contributed by atoms with van der Waals surface area (Å²) in [6.45, 7) is 16.1. The predicted octanol–water partition coefficient (Wildman–Crippen LogP) is 9.29. The molecular formula is C33H36NOS+. The number of fused-ring (bicyclic) bond motifs is 5. The van der Waals surface area contributed by atoms with Gasteiger partial charge >= 0.3 is 0 Å². The quantitative estimate of drug-likeness (QED) is 0.173. The minimum absolute atomic E-state index is 0.151. The van der Waals surface area contributed by atoms with E-state index in [-0.39, 0.29) is 10.8 Å². The smallest absolute Gasteiger partial charge is 0.228 e. The fourth-order valence-electron chi connectivity index (χ4n) is 5.98. The summed E-state index contributed by atoms with van der Waals surface area (Å²) in [6, 6.07) is 13.8. The van der Waals surface area contributed by atoms with Gasteiger partial charge in [0.2, 0.25) is 5.69 Å². The van der Waals surface area contributed by atoms with E-state index in [1.165, 1.54) is 59.6 Å². The van der Waals surface area contributed by atoms with Crippen molar-refractivity contribution in [3.8, 4) is 22.8 Å². The summed E-state index contributed by atoms with van der Waals surface area (Å²) in [4.78, 5) is 0. The maximum Gasteiger partial charge on any atom is 0.228 e. The fraction of sp³-hybridized carbons (Fsp3) is 0.364. The lowest BCUT2D eigenvalue weighted by Crippen LogP contribution is -2.32. The van der Waals surface area contributed by atoms with Crippen LogP contribution in [0.1, 0.15) is 58.2 Å². The van der Waals surface area contributed by atoms with Crippen LogP contribution in [0.25, 0.3) is 42.9 Å². The topological polar surface area (TPSA) is 13.1 Å². The molecule has 0 atom stereocenters. The molecule has 6 rings (SSSR count). The Morgan fingerprint density at radius 3 is 2.31 bits per heavy atom. The summed E-state index contributed by atoms with van der Waals surface area (Å²) in [5, 5.41) is 8.51. The highest BCUT2D eigenvalue weighted by Crippen LogP contribution is 2.54. The van der Waals surface area contributed by atoms with E-state index in [1.807, 2.05) is 11.3 Å². The van der Waals surface area contributed by atoms with Crippen LogP contribution in [-0.4, -0.2) is 0 Å². The van der Waals surface area contributed by atoms with Crippen molar-refractivity contribution in [2.45, 2.75) is 61.3 Å². The van der Waals surface area contributed by atoms with E-state index in [4.69, 9.17) is 4.74 Å². The maximum atomic E-state index is 7.09. The molecule has 0 bridgehead atoms. The van der Waals surface area contributed by atoms with Gasteiger partial charge in [-0.05, 0) is 75.4 Å². The van der Waals surface area contributed by atoms with Crippen molar-refractivity contribution in [3.05, 3.63) is 64.7 Å². The van der Waals surface area contributed by atoms with Crippen molar-refractivity contribution in [2.24, 2.45) is 17.9 Å². The number of pyridine rings is 1. The molecule has 0 unspecified atom stereocenters. The van der Waals surface area contributed by atoms with Crippen molar-refractivity contribution in [1.29, 1.82) is 0 Å². The highest BCUT2D eigenvalue weighted by atomic mass is 32.1. The van der Waals surface area contributed by atoms with Gasteiger partial charge in [0.15, 0.2) is 6.20 Å². The Kier molecular flexibility index (Phi) is 5.08. The van der Waals surface area contributed by atoms with Gasteiger partial charge in [0, 0.05) is 21.7 Å². The third-order valence-electron chi connectivity index (χ3n) is 7.36. The Balaban J connectivity index is 1.71. The Morgan fingerprint density at radius 1 is 0.833 bits per heavy atom. The number of ether oxygens (including phenoxy) is 1. The molecule has 36 heavy (non-hydrogen) atoms. The van der Waals surface area contributed by atoms with Gasteiger partial charge in [0.25, 0.3) is 0 Å². The molecule has 0 fully saturated rings. The summed E-state index contributed by atoms with van der Waals surface area (Å²) in [5.41, 5.74) is 6.96. The van der Waals surface area contributed by atoms with Gasteiger partial charge in [0.05, 0.1) is 10.9 Å². The Bertz CT molecular complexity index is 1690. The number of nitrogens with zero attached hydrogens (tertiary/aromatic N) is 1. The Hall–Kier alpha value is -2.91. The molecule has 0 saturated heterocycles. The monoisotopic (exact) mass is 494 g/mol. The first-order chi connectivity index (χ1) is 16.9. The average Bonchev–Trinajstić information content (AvgIpc) is 3.26. The number of aromatic nitrogens is 1. The lowest BCUT2D eigenvalue weighted by atomic mass is 9.83. The first-order valence-corrected chi connectivity index (χ1v) is 13.9. The Labute approximate surface area is 218 Å². The normalized spacial score (nSPS) is 13.4. The van der Waals surface area contributed by atoms with E-state index >= 15 is 0 Å². The molecule has 2 nitrogen and oxygen atoms in total. The van der Waals surface area contributed by atoms with E-state index in [1.54, 1.807) is 0 Å². The van der Waals surface area contributed by atoms with E-state index in [9.17, 15) is 0 Å². The van der Waals surface area contributed by atoms with E-state index in [0.29, 0.717) is 0 Å². The van der Waals surface area contributed by atoms with Gasteiger partial charge in [0.1, 0.15) is 18.5 Å². The summed E-state index contributed by atoms with van der Waals surface area (Å²) in [5.74, 6) is 2.06. The summed E-state index contributed by atoms with van der Waals surface area (Å²) >= 11 is 1.84. The van der Waals surface area contributed by atoms with Crippen LogP contribution in [0.2, 0.25) is 0 Å². The van der Waals surface area contributed by atoms with Gasteiger partial charge < -0.3 is 4.74 Å². The molecule has 3 heteroatoms. The highest BCUT2D eigenvalue weighted by molar-refractivity contribution is 7.17. The van der Waals surface area contributed by atoms with Gasteiger partial charge in [-0.3, -0.25) is 0 Å². The first-order valence-electron chi connectivity index (χ1n) is 13.0. The summed E-state index contributed by atoms with van der Waals surface area (Å²) < 4.78 is 10.7. The zero-order valence-electron chi connectivity index (χ0n) is 22.8. The van der Waals surface area contributed by atoms with Gasteiger partial charge in [-0.15, -0.1) is 11.3 Å². The van der Waals surface area contributed by atoms with Crippen molar-refractivity contribution >= 4 is 43.0 Å². The second kappa shape index (κ2) is 7.79. The average molecular weight is 495 g/mol. The zero-order valence-corrected chi connectivity index (χ0v) is 23.6. The largest absolute Gasteiger partial charge is 0.455 e. The van der Waals surface area contributed by atoms with Crippen molar-refractivity contribution < 1.29 is 9.30 Å². The Morgan fingerprint density at radius 2 is 1.58 bits per heavy atom. The second-order valence-corrected chi connectivity index (χ2v) is 14.0. The van der Waals surface area contributed by atoms with E-state index in [0.717, 1.165) is 24.3 Å². The minimum atomic E-state index is 0.151. The fourth-order valence-corrected chi connectivity index (χ4v) is 6.98. The van der Waals surface area contributed by atoms with Gasteiger partial charge in [-0.2, -0.15) is 0 Å². The molecule has 0 saturated carbocycles. The second-order valence-electron chi connectivity index (χ2n) is 13.0. The number of hydrogen-bond acceptors (Lipinski definition) is 2. The first kappa shape index (κ1) is 23.5. The molecule has 1 aliphatic rings. The van der Waals surface area contributed by atoms with Gasteiger partial charge in [-0.1, -0.05) is 59.7 Å². The number of thiophene rings is 1. The predicted molar refractivity (Wildman–Crippen MR) is 155 cm³/mol. The molecule has 1 aliphatic heterocycles. The molecule has 0 N–H and O–H groups in total. The molecular weight excluding hydrogens is 458 g/mol. The molecule has 2 aromatic heterocycles. The van der Waals surface area contributed by atoms with Crippen LogP contribution in [0, 0.1) is 17.8 Å². The maximum absolute atomic E-state index is 7.09. The number of hydrogen-bond donors (Lipinski definition) is 0. The molecule has 0 amide bonds. The van der Waals surface area contributed by atoms with Gasteiger partial charge in [-0.25, -0.2) is 4.57 Å². The molecule has 0 radical (unpaired) electrons. The number of benzene rings is 3. The third-order valence-corrected chi connectivity index (χ3v) is 8.33. The zero-order chi connectivity index (χ0) is 25.6. The minimum Gasteiger partial charge on any atom is -0.455 e. The number of rotatable bonds is 2. The van der Waals surface area contributed by atoms with Crippen LogP contribution in [0.4, 0.5) is 0 Å². The molecule has 0 spiro atoms. The van der Waals surface area contributed by atoms with Crippen molar-refractivity contribution in [3.63, 3.8) is 0 Å². The molecule has 0 aliphatic carbocycles. The van der Waals surface area contributed by atoms with E-state index < -0.39 is 0 Å². The van der Waals surface area contributed by atoms with Crippen molar-refractivity contribution in [2.75, 3.05) is 0 Å². The third kappa shape index (κ3) is 3.71. The lowest BCUT2D eigenvalue weighted by Gasteiger charge is -2.28. The molecule has 5 aromatic rings. The molecule has 3 aromatic carbocycles.